The molecule has 0 aromatic carbocycles. The summed E-state index contributed by atoms with van der Waals surface area (Å²) in [7, 11) is 0. The predicted molar refractivity (Wildman–Crippen MR) is 38.3 cm³/mol. The molecule has 9 heavy (non-hydrogen) atoms. The molecule has 48 valence electrons. The zero-order valence-electron chi connectivity index (χ0n) is 6.76. The lowest BCUT2D eigenvalue weighted by Crippen LogP contribution is -1.85. The van der Waals surface area contributed by atoms with E-state index in [1.165, 1.54) is 0 Å². The Labute approximate surface area is 57.2 Å². The smallest absolute Gasteiger partial charge is 0.0843 e. The summed E-state index contributed by atoms with van der Waals surface area (Å²) in [5, 5.41) is 0. The fourth-order valence-corrected chi connectivity index (χ4v) is 0.660. The van der Waals surface area contributed by atoms with Crippen LogP contribution in [0.4, 0.5) is 0 Å². The third-order valence-corrected chi connectivity index (χ3v) is 1.25. The highest BCUT2D eigenvalue weighted by Gasteiger charge is 1.94. The summed E-state index contributed by atoms with van der Waals surface area (Å²) in [5.41, 5.74) is 1.02. The second-order valence-electron chi connectivity index (χ2n) is 2.36. The molecule has 0 N–H and O–H groups in total. The summed E-state index contributed by atoms with van der Waals surface area (Å²) in [5.74, 6) is 0.404. The van der Waals surface area contributed by atoms with E-state index in [1.54, 1.807) is 6.20 Å². The maximum atomic E-state index is 7.39. The van der Waals surface area contributed by atoms with E-state index >= 15 is 0 Å². The van der Waals surface area contributed by atoms with Crippen LogP contribution in [0.25, 0.3) is 0 Å². The van der Waals surface area contributed by atoms with Crippen molar-refractivity contribution < 1.29 is 1.37 Å². The van der Waals surface area contributed by atoms with E-state index in [1.807, 2.05) is 12.1 Å². The van der Waals surface area contributed by atoms with Gasteiger partial charge in [0.1, 0.15) is 0 Å². The van der Waals surface area contributed by atoms with Gasteiger partial charge in [0.25, 0.3) is 0 Å². The van der Waals surface area contributed by atoms with Crippen LogP contribution in [0.3, 0.4) is 0 Å². The Morgan fingerprint density at radius 2 is 2.44 bits per heavy atom. The van der Waals surface area contributed by atoms with Crippen molar-refractivity contribution in [1.82, 2.24) is 4.98 Å². The topological polar surface area (TPSA) is 12.9 Å². The van der Waals surface area contributed by atoms with E-state index in [-0.39, 0.29) is 0 Å². The molecule has 0 saturated heterocycles. The van der Waals surface area contributed by atoms with Crippen molar-refractivity contribution in [2.24, 2.45) is 0 Å². The summed E-state index contributed by atoms with van der Waals surface area (Å²) >= 11 is 0. The molecule has 1 rings (SSSR count). The van der Waals surface area contributed by atoms with Crippen LogP contribution in [0.15, 0.2) is 24.5 Å². The lowest BCUT2D eigenvalue weighted by atomic mass is 10.1. The molecule has 0 radical (unpaired) electrons. The number of hydrogen-bond donors (Lipinski definition) is 0. The van der Waals surface area contributed by atoms with Gasteiger partial charge in [-0.2, -0.15) is 0 Å². The van der Waals surface area contributed by atoms with Crippen molar-refractivity contribution >= 4 is 0 Å². The Balaban J connectivity index is 3.03. The highest BCUT2D eigenvalue weighted by atomic mass is 14.6. The highest BCUT2D eigenvalue weighted by molar-refractivity contribution is 5.12. The molecule has 0 fully saturated rings. The molecule has 0 atom stereocenters. The van der Waals surface area contributed by atoms with Crippen molar-refractivity contribution in [1.29, 1.82) is 0 Å². The lowest BCUT2D eigenvalue weighted by Gasteiger charge is -2.00. The maximum Gasteiger partial charge on any atom is 0.0843 e. The van der Waals surface area contributed by atoms with Crippen LogP contribution in [0, 0.1) is 0 Å². The lowest BCUT2D eigenvalue weighted by molar-refractivity contribution is 0.858. The highest BCUT2D eigenvalue weighted by Crippen LogP contribution is 2.10. The summed E-state index contributed by atoms with van der Waals surface area (Å²) in [4.78, 5) is 3.87. The van der Waals surface area contributed by atoms with E-state index in [0.29, 0.717) is 12.1 Å². The number of aromatic nitrogens is 1. The van der Waals surface area contributed by atoms with Crippen LogP contribution in [-0.4, -0.2) is 4.98 Å². The maximum absolute atomic E-state index is 7.39. The number of rotatable bonds is 1. The van der Waals surface area contributed by atoms with Gasteiger partial charge in [-0.3, -0.25) is 4.98 Å². The van der Waals surface area contributed by atoms with E-state index in [2.05, 4.69) is 18.8 Å². The molecule has 1 nitrogen and oxygen atoms in total. The fraction of sp³-hybridized carbons (Fsp3) is 0.375. The Morgan fingerprint density at radius 3 is 2.89 bits per heavy atom. The van der Waals surface area contributed by atoms with Gasteiger partial charge in [0.15, 0.2) is 0 Å². The molecular formula is C8H11N. The first kappa shape index (κ1) is 4.98. The van der Waals surface area contributed by atoms with Crippen LogP contribution >= 0.6 is 0 Å². The molecule has 1 aromatic rings. The molecule has 0 spiro atoms. The molecular weight excluding hydrogens is 110 g/mol. The Hall–Kier alpha value is -0.850. The van der Waals surface area contributed by atoms with Crippen molar-refractivity contribution in [3.8, 4) is 0 Å². The third-order valence-electron chi connectivity index (χ3n) is 1.25. The van der Waals surface area contributed by atoms with Crippen LogP contribution < -0.4 is 0 Å². The molecule has 0 aliphatic rings. The van der Waals surface area contributed by atoms with Gasteiger partial charge in [-0.05, 0) is 17.5 Å². The first-order chi connectivity index (χ1) is 4.72. The van der Waals surface area contributed by atoms with Crippen LogP contribution in [0.1, 0.15) is 26.7 Å². The minimum absolute atomic E-state index is 0.400. The van der Waals surface area contributed by atoms with E-state index in [0.717, 1.165) is 5.56 Å². The Morgan fingerprint density at radius 1 is 1.67 bits per heavy atom. The average molecular weight is 122 g/mol. The largest absolute Gasteiger partial charge is 0.264 e. The van der Waals surface area contributed by atoms with E-state index in [4.69, 9.17) is 1.37 Å². The van der Waals surface area contributed by atoms with Gasteiger partial charge in [-0.15, -0.1) is 0 Å². The SMILES string of the molecule is [2H]c1ncccc1C(C)C. The van der Waals surface area contributed by atoms with Gasteiger partial charge in [0.2, 0.25) is 0 Å². The average Bonchev–Trinajstić information content (AvgIpc) is 1.88. The normalized spacial score (nSPS) is 11.7. The summed E-state index contributed by atoms with van der Waals surface area (Å²) in [6, 6.07) is 3.81. The first-order valence-electron chi connectivity index (χ1n) is 3.63. The van der Waals surface area contributed by atoms with Gasteiger partial charge in [-0.25, -0.2) is 0 Å². The Bertz CT molecular complexity index is 220. The minimum Gasteiger partial charge on any atom is -0.264 e. The van der Waals surface area contributed by atoms with Crippen molar-refractivity contribution in [2.45, 2.75) is 19.8 Å². The fourth-order valence-electron chi connectivity index (χ4n) is 0.660. The quantitative estimate of drug-likeness (QED) is 0.556. The van der Waals surface area contributed by atoms with Crippen LogP contribution in [0.5, 0.6) is 0 Å². The molecule has 1 heteroatoms. The van der Waals surface area contributed by atoms with Crippen molar-refractivity contribution in [3.63, 3.8) is 0 Å². The molecule has 1 heterocycles. The molecule has 0 saturated carbocycles. The standard InChI is InChI=1S/C8H11N/c1-7(2)8-4-3-5-9-6-8/h3-7H,1-2H3/i6D. The zero-order valence-corrected chi connectivity index (χ0v) is 5.76. The molecule has 0 unspecified atom stereocenters. The molecule has 0 amide bonds. The summed E-state index contributed by atoms with van der Waals surface area (Å²) < 4.78 is 7.39. The predicted octanol–water partition coefficient (Wildman–Crippen LogP) is 2.21. The monoisotopic (exact) mass is 122 g/mol. The van der Waals surface area contributed by atoms with E-state index in [9.17, 15) is 0 Å². The molecule has 0 aliphatic carbocycles. The first-order valence-corrected chi connectivity index (χ1v) is 3.13. The number of pyridine rings is 1. The van der Waals surface area contributed by atoms with E-state index < -0.39 is 0 Å². The molecule has 0 aliphatic heterocycles. The minimum atomic E-state index is 0.400. The summed E-state index contributed by atoms with van der Waals surface area (Å²) in [6.45, 7) is 4.13. The second kappa shape index (κ2) is 2.62. The van der Waals surface area contributed by atoms with Crippen molar-refractivity contribution in [3.05, 3.63) is 30.1 Å². The molecule has 1 aromatic heterocycles. The second-order valence-corrected chi connectivity index (χ2v) is 2.36. The van der Waals surface area contributed by atoms with Gasteiger partial charge in [-0.1, -0.05) is 19.9 Å². The number of nitrogens with zero attached hydrogens (tertiary/aromatic N) is 1. The third kappa shape index (κ3) is 1.53. The zero-order chi connectivity index (χ0) is 7.56. The summed E-state index contributed by atoms with van der Waals surface area (Å²) in [6.07, 6.45) is 2.05. The van der Waals surface area contributed by atoms with Gasteiger partial charge in [0.05, 0.1) is 1.37 Å². The molecule has 0 bridgehead atoms. The van der Waals surface area contributed by atoms with Crippen LogP contribution in [-0.2, 0) is 0 Å². The Kier molecular flexibility index (Phi) is 1.45. The number of hydrogen-bond acceptors (Lipinski definition) is 1. The van der Waals surface area contributed by atoms with Gasteiger partial charge >= 0.3 is 0 Å². The van der Waals surface area contributed by atoms with Crippen LogP contribution in [0.2, 0.25) is 0 Å². The van der Waals surface area contributed by atoms with Crippen molar-refractivity contribution in [2.75, 3.05) is 0 Å². The van der Waals surface area contributed by atoms with Gasteiger partial charge in [0, 0.05) is 12.4 Å². The van der Waals surface area contributed by atoms with Gasteiger partial charge < -0.3 is 0 Å².